The molecule has 6 nitrogen and oxygen atoms in total. The van der Waals surface area contributed by atoms with Crippen LogP contribution in [0, 0.1) is 16.0 Å². The molecular weight excluding hydrogens is 226 g/mol. The van der Waals surface area contributed by atoms with Crippen molar-refractivity contribution in [2.45, 2.75) is 19.9 Å². The number of hydrogen-bond donors (Lipinski definition) is 0. The van der Waals surface area contributed by atoms with Gasteiger partial charge in [0, 0.05) is 10.5 Å². The lowest BCUT2D eigenvalue weighted by Gasteiger charge is -2.22. The maximum absolute atomic E-state index is 11.4. The van der Waals surface area contributed by atoms with Crippen LogP contribution in [0.2, 0.25) is 0 Å². The van der Waals surface area contributed by atoms with Gasteiger partial charge < -0.3 is 4.74 Å². The van der Waals surface area contributed by atoms with Crippen molar-refractivity contribution < 1.29 is 19.2 Å². The second-order valence-electron chi connectivity index (χ2n) is 3.81. The molecule has 2 atom stereocenters. The molecule has 1 rings (SSSR count). The van der Waals surface area contributed by atoms with Crippen molar-refractivity contribution >= 4 is 11.8 Å². The summed E-state index contributed by atoms with van der Waals surface area (Å²) >= 11 is 0. The smallest absolute Gasteiger partial charge is 0.334 e. The Labute approximate surface area is 98.1 Å². The van der Waals surface area contributed by atoms with E-state index < -0.39 is 22.9 Å². The molecule has 0 radical (unpaired) electrons. The minimum atomic E-state index is -1.19. The predicted molar refractivity (Wildman–Crippen MR) is 58.8 cm³/mol. The maximum atomic E-state index is 11.4. The van der Waals surface area contributed by atoms with Gasteiger partial charge in [-0.05, 0) is 13.0 Å². The first-order valence-electron chi connectivity index (χ1n) is 5.04. The van der Waals surface area contributed by atoms with Gasteiger partial charge in [0.25, 0.3) is 0 Å². The van der Waals surface area contributed by atoms with Crippen molar-refractivity contribution in [3.8, 4) is 0 Å². The summed E-state index contributed by atoms with van der Waals surface area (Å²) in [6.07, 6.45) is 2.73. The Hall–Kier alpha value is -1.98. The maximum Gasteiger partial charge on any atom is 0.334 e. The first-order chi connectivity index (χ1) is 7.90. The van der Waals surface area contributed by atoms with Crippen LogP contribution in [0.5, 0.6) is 0 Å². The monoisotopic (exact) mass is 239 g/mol. The fourth-order valence-corrected chi connectivity index (χ4v) is 1.86. The summed E-state index contributed by atoms with van der Waals surface area (Å²) < 4.78 is 4.54. The number of ether oxygens (including phenoxy) is 1. The average Bonchev–Trinajstić information content (AvgIpc) is 2.26. The molecule has 0 fully saturated rings. The molecule has 0 amide bonds. The number of methoxy groups -OCH3 is 1. The molecule has 0 aromatic carbocycles. The first kappa shape index (κ1) is 13.1. The molecule has 1 aliphatic rings. The Bertz CT molecular complexity index is 435. The third-order valence-corrected chi connectivity index (χ3v) is 2.78. The van der Waals surface area contributed by atoms with Crippen LogP contribution in [0.25, 0.3) is 0 Å². The van der Waals surface area contributed by atoms with Crippen LogP contribution in [0.15, 0.2) is 23.3 Å². The molecule has 0 saturated heterocycles. The molecule has 92 valence electrons. The van der Waals surface area contributed by atoms with E-state index in [1.54, 1.807) is 0 Å². The Morgan fingerprint density at radius 2 is 1.88 bits per heavy atom. The van der Waals surface area contributed by atoms with E-state index >= 15 is 0 Å². The highest BCUT2D eigenvalue weighted by Crippen LogP contribution is 2.28. The number of carbonyl (C=O) groups excluding carboxylic acids is 2. The number of nitrogens with zero attached hydrogens (tertiary/aromatic N) is 1. The van der Waals surface area contributed by atoms with Crippen LogP contribution >= 0.6 is 0 Å². The normalized spacial score (nSPS) is 23.5. The van der Waals surface area contributed by atoms with Gasteiger partial charge in [-0.15, -0.1) is 0 Å². The van der Waals surface area contributed by atoms with Gasteiger partial charge in [-0.1, -0.05) is 13.0 Å². The van der Waals surface area contributed by atoms with Crippen molar-refractivity contribution in [2.24, 2.45) is 5.92 Å². The van der Waals surface area contributed by atoms with Crippen LogP contribution in [0.4, 0.5) is 0 Å². The number of rotatable bonds is 3. The number of esters is 1. The molecule has 0 heterocycles. The Kier molecular flexibility index (Phi) is 3.77. The Morgan fingerprint density at radius 3 is 2.29 bits per heavy atom. The third-order valence-electron chi connectivity index (χ3n) is 2.78. The number of hydrogen-bond acceptors (Lipinski definition) is 5. The molecule has 0 aromatic rings. The Morgan fingerprint density at radius 1 is 1.35 bits per heavy atom. The van der Waals surface area contributed by atoms with E-state index in [1.165, 1.54) is 33.1 Å². The molecule has 0 N–H and O–H groups in total. The molecule has 0 saturated carbocycles. The lowest BCUT2D eigenvalue weighted by Crippen LogP contribution is -2.37. The van der Waals surface area contributed by atoms with Gasteiger partial charge in [-0.2, -0.15) is 0 Å². The van der Waals surface area contributed by atoms with Crippen molar-refractivity contribution in [1.82, 2.24) is 0 Å². The summed E-state index contributed by atoms with van der Waals surface area (Å²) in [6, 6.07) is -1.19. The zero-order chi connectivity index (χ0) is 13.2. The van der Waals surface area contributed by atoms with Gasteiger partial charge >= 0.3 is 5.97 Å². The van der Waals surface area contributed by atoms with Crippen LogP contribution in [0.1, 0.15) is 13.8 Å². The van der Waals surface area contributed by atoms with E-state index in [4.69, 9.17) is 0 Å². The van der Waals surface area contributed by atoms with E-state index in [1.807, 2.05) is 0 Å². The molecule has 1 aliphatic carbocycles. The van der Waals surface area contributed by atoms with E-state index in [0.717, 1.165) is 0 Å². The van der Waals surface area contributed by atoms with Crippen LogP contribution in [-0.2, 0) is 14.3 Å². The van der Waals surface area contributed by atoms with E-state index in [9.17, 15) is 19.7 Å². The zero-order valence-electron chi connectivity index (χ0n) is 9.80. The van der Waals surface area contributed by atoms with Gasteiger partial charge in [0.15, 0.2) is 5.78 Å². The number of ketones is 1. The highest BCUT2D eigenvalue weighted by Gasteiger charge is 2.40. The van der Waals surface area contributed by atoms with Gasteiger partial charge in [0.2, 0.25) is 6.04 Å². The highest BCUT2D eigenvalue weighted by atomic mass is 16.6. The number of Topliss-reactive ketones (excluding diaryl/α,β-unsaturated/α-hetero) is 1. The summed E-state index contributed by atoms with van der Waals surface area (Å²) in [5.74, 6) is -1.65. The van der Waals surface area contributed by atoms with E-state index in [0.29, 0.717) is 0 Å². The fourth-order valence-electron chi connectivity index (χ4n) is 1.86. The second kappa shape index (κ2) is 4.90. The molecule has 0 aromatic heterocycles. The summed E-state index contributed by atoms with van der Waals surface area (Å²) in [7, 11) is 1.21. The van der Waals surface area contributed by atoms with Gasteiger partial charge in [-0.25, -0.2) is 4.79 Å². The van der Waals surface area contributed by atoms with E-state index in [-0.39, 0.29) is 16.9 Å². The molecule has 0 spiro atoms. The number of nitro groups is 1. The van der Waals surface area contributed by atoms with E-state index in [2.05, 4.69) is 4.74 Å². The molecule has 17 heavy (non-hydrogen) atoms. The third kappa shape index (κ3) is 2.41. The van der Waals surface area contributed by atoms with Crippen molar-refractivity contribution in [3.63, 3.8) is 0 Å². The molecule has 1 unspecified atom stereocenters. The number of allylic oxidation sites excluding steroid dienone is 2. The quantitative estimate of drug-likeness (QED) is 0.415. The second-order valence-corrected chi connectivity index (χ2v) is 3.81. The van der Waals surface area contributed by atoms with Crippen LogP contribution in [0.3, 0.4) is 0 Å². The van der Waals surface area contributed by atoms with Gasteiger partial charge in [0.05, 0.1) is 18.6 Å². The summed E-state index contributed by atoms with van der Waals surface area (Å²) in [4.78, 5) is 33.1. The summed E-state index contributed by atoms with van der Waals surface area (Å²) in [5.41, 5.74) is 0.314. The van der Waals surface area contributed by atoms with Crippen LogP contribution in [-0.4, -0.2) is 29.8 Å². The lowest BCUT2D eigenvalue weighted by atomic mass is 9.82. The molecule has 6 heteroatoms. The SMILES string of the molecule is COC(=O)C1=CC=C(C(C)=O)[C@@H]([N+](=O)[O-])C1C. The molecular formula is C11H13NO5. The lowest BCUT2D eigenvalue weighted by molar-refractivity contribution is -0.518. The highest BCUT2D eigenvalue weighted by molar-refractivity contribution is 5.97. The Balaban J connectivity index is 3.21. The van der Waals surface area contributed by atoms with Crippen molar-refractivity contribution in [2.75, 3.05) is 7.11 Å². The van der Waals surface area contributed by atoms with Crippen molar-refractivity contribution in [1.29, 1.82) is 0 Å². The first-order valence-corrected chi connectivity index (χ1v) is 5.04. The minimum Gasteiger partial charge on any atom is -0.466 e. The topological polar surface area (TPSA) is 86.5 Å². The predicted octanol–water partition coefficient (Wildman–Crippen LogP) is 0.896. The average molecular weight is 239 g/mol. The van der Waals surface area contributed by atoms with Gasteiger partial charge in [0.1, 0.15) is 0 Å². The summed E-state index contributed by atoms with van der Waals surface area (Å²) in [6.45, 7) is 2.80. The van der Waals surface area contributed by atoms with Crippen LogP contribution < -0.4 is 0 Å². The van der Waals surface area contributed by atoms with Gasteiger partial charge in [-0.3, -0.25) is 14.9 Å². The molecule has 0 aliphatic heterocycles. The summed E-state index contributed by atoms with van der Waals surface area (Å²) in [5, 5.41) is 11.0. The molecule has 0 bridgehead atoms. The zero-order valence-corrected chi connectivity index (χ0v) is 9.80. The minimum absolute atomic E-state index is 0.107. The number of carbonyl (C=O) groups is 2. The van der Waals surface area contributed by atoms with Crippen molar-refractivity contribution in [3.05, 3.63) is 33.4 Å². The largest absolute Gasteiger partial charge is 0.466 e. The fraction of sp³-hybridized carbons (Fsp3) is 0.455. The standard InChI is InChI=1S/C11H13NO5/c1-6-8(11(14)17-3)4-5-9(7(2)13)10(6)12(15)16/h4-6,10H,1-3H3/t6?,10-/m0/s1.